The van der Waals surface area contributed by atoms with Crippen LogP contribution in [0.25, 0.3) is 0 Å². The van der Waals surface area contributed by atoms with Crippen molar-refractivity contribution in [3.8, 4) is 0 Å². The Kier molecular flexibility index (Phi) is 3.80. The predicted molar refractivity (Wildman–Crippen MR) is 83.7 cm³/mol. The summed E-state index contributed by atoms with van der Waals surface area (Å²) in [6.45, 7) is 1.88. The van der Waals surface area contributed by atoms with Crippen molar-refractivity contribution in [2.45, 2.75) is 31.3 Å². The Bertz CT molecular complexity index is 678. The van der Waals surface area contributed by atoms with Gasteiger partial charge in [0.2, 0.25) is 0 Å². The lowest BCUT2D eigenvalue weighted by atomic mass is 9.78. The Morgan fingerprint density at radius 1 is 1.05 bits per heavy atom. The number of ketones is 1. The van der Waals surface area contributed by atoms with Crippen LogP contribution in [0.4, 0.5) is 0 Å². The van der Waals surface area contributed by atoms with Crippen LogP contribution in [0.5, 0.6) is 0 Å². The van der Waals surface area contributed by atoms with Crippen LogP contribution < -0.4 is 0 Å². The first-order valence-electron chi connectivity index (χ1n) is 7.47. The highest BCUT2D eigenvalue weighted by molar-refractivity contribution is 5.94. The minimum Gasteiger partial charge on any atom is -0.457 e. The highest BCUT2D eigenvalue weighted by Gasteiger charge is 2.49. The van der Waals surface area contributed by atoms with Gasteiger partial charge in [0.25, 0.3) is 0 Å². The van der Waals surface area contributed by atoms with Crippen LogP contribution in [0, 0.1) is 0 Å². The molecule has 0 amide bonds. The Labute approximate surface area is 129 Å². The molecule has 3 rings (SSSR count). The van der Waals surface area contributed by atoms with Crippen LogP contribution in [0.1, 0.15) is 35.7 Å². The topological polar surface area (TPSA) is 43.4 Å². The Morgan fingerprint density at radius 2 is 1.64 bits per heavy atom. The molecule has 0 radical (unpaired) electrons. The molecule has 1 saturated carbocycles. The van der Waals surface area contributed by atoms with E-state index in [1.54, 1.807) is 24.3 Å². The second kappa shape index (κ2) is 5.76. The second-order valence-electron chi connectivity index (χ2n) is 5.79. The molecule has 3 nitrogen and oxygen atoms in total. The van der Waals surface area contributed by atoms with Gasteiger partial charge in [0, 0.05) is 6.42 Å². The number of carbonyl (C=O) groups excluding carboxylic acids is 2. The average Bonchev–Trinajstić information content (AvgIpc) is 2.86. The monoisotopic (exact) mass is 294 g/mol. The number of rotatable bonds is 3. The molecule has 2 aromatic carbocycles. The molecule has 1 aliphatic carbocycles. The van der Waals surface area contributed by atoms with E-state index in [9.17, 15) is 9.59 Å². The number of Topliss-reactive ketones (excluding diaryl/α,β-unsaturated/α-hetero) is 1. The largest absolute Gasteiger partial charge is 0.457 e. The molecule has 0 spiro atoms. The number of carbonyl (C=O) groups is 2. The fourth-order valence-corrected chi connectivity index (χ4v) is 3.07. The van der Waals surface area contributed by atoms with Crippen LogP contribution in [0.2, 0.25) is 0 Å². The third-order valence-corrected chi connectivity index (χ3v) is 4.49. The molecule has 0 aliphatic heterocycles. The summed E-state index contributed by atoms with van der Waals surface area (Å²) in [6.07, 6.45) is 0.594. The molecule has 0 heterocycles. The fourth-order valence-electron chi connectivity index (χ4n) is 3.07. The van der Waals surface area contributed by atoms with Crippen LogP contribution >= 0.6 is 0 Å². The number of ether oxygens (including phenoxy) is 1. The van der Waals surface area contributed by atoms with E-state index in [2.05, 4.69) is 0 Å². The van der Waals surface area contributed by atoms with E-state index in [0.29, 0.717) is 18.4 Å². The first-order chi connectivity index (χ1) is 10.6. The lowest BCUT2D eigenvalue weighted by molar-refractivity contribution is -0.123. The zero-order valence-electron chi connectivity index (χ0n) is 12.5. The average molecular weight is 294 g/mol. The number of benzene rings is 2. The van der Waals surface area contributed by atoms with Gasteiger partial charge in [0.15, 0.2) is 0 Å². The first-order valence-corrected chi connectivity index (χ1v) is 7.47. The van der Waals surface area contributed by atoms with Gasteiger partial charge in [0.1, 0.15) is 11.9 Å². The molecule has 0 aromatic heterocycles. The van der Waals surface area contributed by atoms with Crippen LogP contribution in [-0.4, -0.2) is 17.9 Å². The van der Waals surface area contributed by atoms with Gasteiger partial charge in [0.05, 0.1) is 11.0 Å². The van der Waals surface area contributed by atoms with E-state index >= 15 is 0 Å². The Morgan fingerprint density at radius 3 is 2.27 bits per heavy atom. The maximum absolute atomic E-state index is 12.4. The summed E-state index contributed by atoms with van der Waals surface area (Å²) in [5.74, 6) is -0.244. The Hall–Kier alpha value is -2.42. The summed E-state index contributed by atoms with van der Waals surface area (Å²) in [4.78, 5) is 24.7. The van der Waals surface area contributed by atoms with Crippen molar-refractivity contribution >= 4 is 11.8 Å². The summed E-state index contributed by atoms with van der Waals surface area (Å²) in [5.41, 5.74) is 0.659. The Balaban J connectivity index is 1.87. The van der Waals surface area contributed by atoms with E-state index in [4.69, 9.17) is 4.74 Å². The zero-order valence-corrected chi connectivity index (χ0v) is 12.5. The fraction of sp³-hybridized carbons (Fsp3) is 0.263. The summed E-state index contributed by atoms with van der Waals surface area (Å²) in [5, 5.41) is 0. The van der Waals surface area contributed by atoms with Gasteiger partial charge in [-0.15, -0.1) is 0 Å². The van der Waals surface area contributed by atoms with Crippen LogP contribution in [0.15, 0.2) is 60.7 Å². The van der Waals surface area contributed by atoms with Crippen molar-refractivity contribution in [3.63, 3.8) is 0 Å². The molecule has 3 heteroatoms. The quantitative estimate of drug-likeness (QED) is 0.813. The lowest BCUT2D eigenvalue weighted by Crippen LogP contribution is -2.40. The maximum atomic E-state index is 12.4. The molecule has 1 aliphatic rings. The standard InChI is InChI=1S/C19H18O3/c1-19(15-10-6-3-7-11-15)16(20)12-13-17(19)22-18(21)14-8-4-2-5-9-14/h2-11,17H,12-13H2,1H3/t17-,19-/m0/s1. The van der Waals surface area contributed by atoms with E-state index < -0.39 is 11.5 Å². The minimum absolute atomic E-state index is 0.129. The van der Waals surface area contributed by atoms with E-state index in [-0.39, 0.29) is 11.8 Å². The van der Waals surface area contributed by atoms with Gasteiger partial charge in [-0.3, -0.25) is 4.79 Å². The van der Waals surface area contributed by atoms with Gasteiger partial charge in [-0.25, -0.2) is 4.79 Å². The van der Waals surface area contributed by atoms with Gasteiger partial charge in [-0.05, 0) is 31.0 Å². The van der Waals surface area contributed by atoms with Crippen LogP contribution in [0.3, 0.4) is 0 Å². The zero-order chi connectivity index (χ0) is 15.6. The molecular weight excluding hydrogens is 276 g/mol. The molecule has 2 aromatic rings. The molecule has 0 saturated heterocycles. The van der Waals surface area contributed by atoms with E-state index in [1.165, 1.54) is 0 Å². The van der Waals surface area contributed by atoms with Crippen molar-refractivity contribution in [1.82, 2.24) is 0 Å². The molecule has 0 bridgehead atoms. The lowest BCUT2D eigenvalue weighted by Gasteiger charge is -2.30. The summed E-state index contributed by atoms with van der Waals surface area (Å²) < 4.78 is 5.68. The highest BCUT2D eigenvalue weighted by atomic mass is 16.5. The molecule has 0 N–H and O–H groups in total. The molecule has 112 valence electrons. The number of hydrogen-bond acceptors (Lipinski definition) is 3. The second-order valence-corrected chi connectivity index (χ2v) is 5.79. The van der Waals surface area contributed by atoms with Crippen molar-refractivity contribution in [2.24, 2.45) is 0 Å². The number of hydrogen-bond donors (Lipinski definition) is 0. The van der Waals surface area contributed by atoms with E-state index in [0.717, 1.165) is 5.56 Å². The summed E-state index contributed by atoms with van der Waals surface area (Å²) in [7, 11) is 0. The smallest absolute Gasteiger partial charge is 0.338 e. The van der Waals surface area contributed by atoms with E-state index in [1.807, 2.05) is 43.3 Å². The molecule has 1 fully saturated rings. The van der Waals surface area contributed by atoms with Gasteiger partial charge >= 0.3 is 5.97 Å². The van der Waals surface area contributed by atoms with Crippen molar-refractivity contribution in [2.75, 3.05) is 0 Å². The third kappa shape index (κ3) is 2.43. The summed E-state index contributed by atoms with van der Waals surface area (Å²) in [6, 6.07) is 18.5. The normalized spacial score (nSPS) is 24.2. The van der Waals surface area contributed by atoms with Gasteiger partial charge in [-0.2, -0.15) is 0 Å². The maximum Gasteiger partial charge on any atom is 0.338 e. The predicted octanol–water partition coefficient (Wildman–Crippen LogP) is 3.53. The molecule has 22 heavy (non-hydrogen) atoms. The minimum atomic E-state index is -0.758. The first kappa shape index (κ1) is 14.5. The van der Waals surface area contributed by atoms with Crippen molar-refractivity contribution in [1.29, 1.82) is 0 Å². The highest BCUT2D eigenvalue weighted by Crippen LogP contribution is 2.40. The molecular formula is C19H18O3. The summed E-state index contributed by atoms with van der Waals surface area (Å²) >= 11 is 0. The van der Waals surface area contributed by atoms with Gasteiger partial charge < -0.3 is 4.74 Å². The van der Waals surface area contributed by atoms with Crippen LogP contribution in [-0.2, 0) is 14.9 Å². The SMILES string of the molecule is C[C@]1(c2ccccc2)C(=O)CC[C@@H]1OC(=O)c1ccccc1. The van der Waals surface area contributed by atoms with Gasteiger partial charge in [-0.1, -0.05) is 48.5 Å². The molecule has 2 atom stereocenters. The molecule has 0 unspecified atom stereocenters. The third-order valence-electron chi connectivity index (χ3n) is 4.49. The number of esters is 1. The van der Waals surface area contributed by atoms with Crippen molar-refractivity contribution in [3.05, 3.63) is 71.8 Å². The van der Waals surface area contributed by atoms with Crippen molar-refractivity contribution < 1.29 is 14.3 Å².